The molecule has 4 nitrogen and oxygen atoms in total. The minimum atomic E-state index is -3.52. The zero-order valence-corrected chi connectivity index (χ0v) is 15.2. The number of aryl methyl sites for hydroxylation is 1. The van der Waals surface area contributed by atoms with E-state index in [0.29, 0.717) is 16.8 Å². The van der Waals surface area contributed by atoms with Crippen molar-refractivity contribution in [2.75, 3.05) is 14.2 Å². The van der Waals surface area contributed by atoms with Gasteiger partial charge in [0.1, 0.15) is 5.75 Å². The normalized spacial score (nSPS) is 11.9. The molecule has 0 saturated carbocycles. The van der Waals surface area contributed by atoms with Crippen LogP contribution in [-0.4, -0.2) is 26.9 Å². The maximum Gasteiger partial charge on any atom is 0.243 e. The first-order chi connectivity index (χ1) is 9.86. The average molecular weight is 390 g/mol. The molecule has 0 spiro atoms. The summed E-state index contributed by atoms with van der Waals surface area (Å²) in [6, 6.07) is 6.74. The summed E-state index contributed by atoms with van der Waals surface area (Å²) in [7, 11) is -0.393. The van der Waals surface area contributed by atoms with Crippen molar-refractivity contribution in [2.45, 2.75) is 18.4 Å². The van der Waals surface area contributed by atoms with Gasteiger partial charge in [0.15, 0.2) is 0 Å². The van der Waals surface area contributed by atoms with Crippen molar-refractivity contribution in [1.82, 2.24) is 4.31 Å². The van der Waals surface area contributed by atoms with Crippen molar-refractivity contribution in [3.63, 3.8) is 0 Å². The Morgan fingerprint density at radius 2 is 2.05 bits per heavy atom. The van der Waals surface area contributed by atoms with Gasteiger partial charge in [-0.2, -0.15) is 4.31 Å². The summed E-state index contributed by atoms with van der Waals surface area (Å²) in [5.74, 6) is 0.603. The molecule has 2 rings (SSSR count). The Hall–Kier alpha value is -0.890. The van der Waals surface area contributed by atoms with Crippen molar-refractivity contribution >= 4 is 37.3 Å². The van der Waals surface area contributed by atoms with Gasteiger partial charge in [0.05, 0.1) is 16.5 Å². The minimum Gasteiger partial charge on any atom is -0.496 e. The highest BCUT2D eigenvalue weighted by molar-refractivity contribution is 9.10. The van der Waals surface area contributed by atoms with Gasteiger partial charge in [-0.3, -0.25) is 0 Å². The van der Waals surface area contributed by atoms with E-state index in [4.69, 9.17) is 4.74 Å². The summed E-state index contributed by atoms with van der Waals surface area (Å²) >= 11 is 4.88. The first-order valence-corrected chi connectivity index (χ1v) is 9.30. The number of hydrogen-bond acceptors (Lipinski definition) is 4. The van der Waals surface area contributed by atoms with Gasteiger partial charge in [-0.15, -0.1) is 11.3 Å². The maximum absolute atomic E-state index is 12.6. The minimum absolute atomic E-state index is 0.242. The number of benzene rings is 1. The number of hydrogen-bond donors (Lipinski definition) is 0. The molecule has 1 aromatic carbocycles. The Morgan fingerprint density at radius 3 is 2.57 bits per heavy atom. The predicted molar refractivity (Wildman–Crippen MR) is 88.4 cm³/mol. The number of thiophene rings is 1. The monoisotopic (exact) mass is 389 g/mol. The van der Waals surface area contributed by atoms with Crippen LogP contribution in [0, 0.1) is 6.92 Å². The SMILES string of the molecule is COc1ccc(S(=O)(=O)N(C)Cc2sccc2C)cc1Br. The van der Waals surface area contributed by atoms with Gasteiger partial charge in [-0.05, 0) is 58.1 Å². The van der Waals surface area contributed by atoms with E-state index in [1.807, 2.05) is 18.4 Å². The fourth-order valence-electron chi connectivity index (χ4n) is 1.84. The molecule has 0 N–H and O–H groups in total. The number of nitrogens with zero attached hydrogens (tertiary/aromatic N) is 1. The maximum atomic E-state index is 12.6. The van der Waals surface area contributed by atoms with Crippen LogP contribution in [0.15, 0.2) is 39.0 Å². The molecule has 0 unspecified atom stereocenters. The van der Waals surface area contributed by atoms with E-state index >= 15 is 0 Å². The van der Waals surface area contributed by atoms with E-state index in [2.05, 4.69) is 15.9 Å². The first-order valence-electron chi connectivity index (χ1n) is 6.19. The van der Waals surface area contributed by atoms with Gasteiger partial charge in [-0.25, -0.2) is 8.42 Å². The standard InChI is InChI=1S/C14H16BrNO3S2/c1-10-6-7-20-14(10)9-16(2)21(17,18)11-4-5-13(19-3)12(15)8-11/h4-8H,9H2,1-3H3. The second-order valence-electron chi connectivity index (χ2n) is 4.58. The third-order valence-electron chi connectivity index (χ3n) is 3.17. The van der Waals surface area contributed by atoms with E-state index in [1.165, 1.54) is 4.31 Å². The fraction of sp³-hybridized carbons (Fsp3) is 0.286. The highest BCUT2D eigenvalue weighted by atomic mass is 79.9. The number of ether oxygens (including phenoxy) is 1. The zero-order chi connectivity index (χ0) is 15.6. The lowest BCUT2D eigenvalue weighted by molar-refractivity contribution is 0.411. The molecular formula is C14H16BrNO3S2. The van der Waals surface area contributed by atoms with Crippen molar-refractivity contribution in [1.29, 1.82) is 0 Å². The Bertz CT molecular complexity index is 740. The van der Waals surface area contributed by atoms with Crippen LogP contribution in [0.4, 0.5) is 0 Å². The van der Waals surface area contributed by atoms with Gasteiger partial charge in [0, 0.05) is 18.5 Å². The average Bonchev–Trinajstić information content (AvgIpc) is 2.84. The molecule has 114 valence electrons. The number of sulfonamides is 1. The number of halogens is 1. The van der Waals surface area contributed by atoms with Crippen molar-refractivity contribution in [3.05, 3.63) is 44.6 Å². The third-order valence-corrected chi connectivity index (χ3v) is 6.59. The largest absolute Gasteiger partial charge is 0.496 e. The molecule has 0 bridgehead atoms. The highest BCUT2D eigenvalue weighted by Crippen LogP contribution is 2.29. The Kier molecular flexibility index (Phi) is 5.08. The molecule has 1 aromatic heterocycles. The molecule has 0 aliphatic carbocycles. The molecule has 0 aliphatic heterocycles. The Balaban J connectivity index is 2.29. The van der Waals surface area contributed by atoms with Crippen molar-refractivity contribution in [2.24, 2.45) is 0 Å². The van der Waals surface area contributed by atoms with E-state index in [1.54, 1.807) is 43.7 Å². The van der Waals surface area contributed by atoms with Crippen LogP contribution in [-0.2, 0) is 16.6 Å². The van der Waals surface area contributed by atoms with Crippen LogP contribution in [0.25, 0.3) is 0 Å². The second kappa shape index (κ2) is 6.48. The van der Waals surface area contributed by atoms with Gasteiger partial charge in [-0.1, -0.05) is 0 Å². The summed E-state index contributed by atoms with van der Waals surface area (Å²) in [5.41, 5.74) is 1.11. The van der Waals surface area contributed by atoms with Crippen LogP contribution < -0.4 is 4.74 Å². The first kappa shape index (κ1) is 16.5. The van der Waals surface area contributed by atoms with Crippen LogP contribution >= 0.6 is 27.3 Å². The number of methoxy groups -OCH3 is 1. The molecule has 0 atom stereocenters. The van der Waals surface area contributed by atoms with Crippen molar-refractivity contribution < 1.29 is 13.2 Å². The number of rotatable bonds is 5. The zero-order valence-electron chi connectivity index (χ0n) is 12.0. The Morgan fingerprint density at radius 1 is 1.33 bits per heavy atom. The summed E-state index contributed by atoms with van der Waals surface area (Å²) < 4.78 is 32.3. The molecule has 0 saturated heterocycles. The lowest BCUT2D eigenvalue weighted by atomic mass is 10.3. The fourth-order valence-corrected chi connectivity index (χ4v) is 4.74. The van der Waals surface area contributed by atoms with E-state index < -0.39 is 10.0 Å². The smallest absolute Gasteiger partial charge is 0.243 e. The molecule has 0 aliphatic rings. The van der Waals surface area contributed by atoms with E-state index in [-0.39, 0.29) is 4.90 Å². The van der Waals surface area contributed by atoms with Crippen LogP contribution in [0.1, 0.15) is 10.4 Å². The molecule has 7 heteroatoms. The molecule has 0 radical (unpaired) electrons. The molecule has 2 aromatic rings. The van der Waals surface area contributed by atoms with Crippen LogP contribution in [0.2, 0.25) is 0 Å². The molecule has 1 heterocycles. The summed E-state index contributed by atoms with van der Waals surface area (Å²) in [6.45, 7) is 2.35. The second-order valence-corrected chi connectivity index (χ2v) is 8.48. The van der Waals surface area contributed by atoms with Gasteiger partial charge in [0.25, 0.3) is 0 Å². The van der Waals surface area contributed by atoms with E-state index in [0.717, 1.165) is 10.4 Å². The molecular weight excluding hydrogens is 374 g/mol. The summed E-state index contributed by atoms with van der Waals surface area (Å²) in [6.07, 6.45) is 0. The predicted octanol–water partition coefficient (Wildman–Crippen LogP) is 3.65. The van der Waals surface area contributed by atoms with E-state index in [9.17, 15) is 8.42 Å². The van der Waals surface area contributed by atoms with Gasteiger partial charge >= 0.3 is 0 Å². The lowest BCUT2D eigenvalue weighted by Gasteiger charge is -2.17. The van der Waals surface area contributed by atoms with Gasteiger partial charge < -0.3 is 4.74 Å². The summed E-state index contributed by atoms with van der Waals surface area (Å²) in [4.78, 5) is 1.29. The summed E-state index contributed by atoms with van der Waals surface area (Å²) in [5, 5.41) is 1.97. The van der Waals surface area contributed by atoms with Crippen molar-refractivity contribution in [3.8, 4) is 5.75 Å². The topological polar surface area (TPSA) is 46.6 Å². The molecule has 21 heavy (non-hydrogen) atoms. The quantitative estimate of drug-likeness (QED) is 0.783. The van der Waals surface area contributed by atoms with Gasteiger partial charge in [0.2, 0.25) is 10.0 Å². The Labute approximate surface area is 137 Å². The highest BCUT2D eigenvalue weighted by Gasteiger charge is 2.22. The molecule has 0 amide bonds. The van der Waals surface area contributed by atoms with Crippen LogP contribution in [0.3, 0.4) is 0 Å². The third kappa shape index (κ3) is 3.48. The molecule has 0 fully saturated rings. The lowest BCUT2D eigenvalue weighted by Crippen LogP contribution is -2.26. The van der Waals surface area contributed by atoms with Crippen LogP contribution in [0.5, 0.6) is 5.75 Å².